The Balaban J connectivity index is 1.78. The highest BCUT2D eigenvalue weighted by atomic mass is 16.5. The van der Waals surface area contributed by atoms with E-state index in [1.165, 1.54) is 54.9 Å². The summed E-state index contributed by atoms with van der Waals surface area (Å²) >= 11 is 0. The molecule has 2 aromatic carbocycles. The molecule has 1 fully saturated rings. The van der Waals surface area contributed by atoms with Crippen molar-refractivity contribution in [2.75, 3.05) is 0 Å². The lowest BCUT2D eigenvalue weighted by molar-refractivity contribution is 0.184. The monoisotopic (exact) mass is 268 g/mol. The van der Waals surface area contributed by atoms with Gasteiger partial charge in [-0.2, -0.15) is 0 Å². The summed E-state index contributed by atoms with van der Waals surface area (Å²) in [5, 5.41) is 2.60. The maximum atomic E-state index is 6.20. The summed E-state index contributed by atoms with van der Waals surface area (Å²) in [5.74, 6) is 1.04. The van der Waals surface area contributed by atoms with Crippen molar-refractivity contribution >= 4 is 10.8 Å². The van der Waals surface area contributed by atoms with E-state index in [4.69, 9.17) is 4.74 Å². The van der Waals surface area contributed by atoms with E-state index in [9.17, 15) is 0 Å². The molecule has 0 amide bonds. The summed E-state index contributed by atoms with van der Waals surface area (Å²) < 4.78 is 6.20. The number of hydrogen-bond donors (Lipinski definition) is 0. The van der Waals surface area contributed by atoms with Gasteiger partial charge in [-0.1, -0.05) is 44.0 Å². The van der Waals surface area contributed by atoms with Crippen molar-refractivity contribution in [3.63, 3.8) is 0 Å². The second-order valence-electron chi connectivity index (χ2n) is 5.93. The molecule has 3 rings (SSSR count). The Morgan fingerprint density at radius 1 is 0.900 bits per heavy atom. The molecule has 0 saturated heterocycles. The Morgan fingerprint density at radius 2 is 1.60 bits per heavy atom. The Hall–Kier alpha value is -1.50. The van der Waals surface area contributed by atoms with Crippen LogP contribution in [0, 0.1) is 0 Å². The van der Waals surface area contributed by atoms with Gasteiger partial charge in [0, 0.05) is 0 Å². The molecule has 0 heterocycles. The molecule has 0 spiro atoms. The van der Waals surface area contributed by atoms with Gasteiger partial charge in [-0.25, -0.2) is 0 Å². The fourth-order valence-electron chi connectivity index (χ4n) is 3.12. The lowest BCUT2D eigenvalue weighted by Gasteiger charge is -2.17. The minimum absolute atomic E-state index is 0.421. The van der Waals surface area contributed by atoms with E-state index < -0.39 is 0 Å². The number of hydrogen-bond acceptors (Lipinski definition) is 1. The van der Waals surface area contributed by atoms with Gasteiger partial charge in [0.15, 0.2) is 0 Å². The Morgan fingerprint density at radius 3 is 2.35 bits per heavy atom. The third kappa shape index (κ3) is 3.15. The van der Waals surface area contributed by atoms with Gasteiger partial charge in [0.25, 0.3) is 0 Å². The zero-order valence-corrected chi connectivity index (χ0v) is 12.4. The van der Waals surface area contributed by atoms with Gasteiger partial charge in [0.2, 0.25) is 0 Å². The van der Waals surface area contributed by atoms with Gasteiger partial charge in [0.1, 0.15) is 5.75 Å². The zero-order valence-electron chi connectivity index (χ0n) is 12.4. The smallest absolute Gasteiger partial charge is 0.120 e. The normalized spacial score (nSPS) is 17.1. The third-order valence-electron chi connectivity index (χ3n) is 4.39. The lowest BCUT2D eigenvalue weighted by Crippen LogP contribution is -2.14. The van der Waals surface area contributed by atoms with Crippen LogP contribution in [0.5, 0.6) is 5.75 Å². The van der Waals surface area contributed by atoms with Crippen LogP contribution < -0.4 is 4.74 Å². The number of ether oxygens (including phenoxy) is 1. The van der Waals surface area contributed by atoms with Crippen molar-refractivity contribution in [1.29, 1.82) is 0 Å². The van der Waals surface area contributed by atoms with Gasteiger partial charge in [-0.15, -0.1) is 0 Å². The molecule has 0 bridgehead atoms. The average molecular weight is 268 g/mol. The van der Waals surface area contributed by atoms with Crippen LogP contribution >= 0.6 is 0 Å². The summed E-state index contributed by atoms with van der Waals surface area (Å²) in [7, 11) is 0. The predicted molar refractivity (Wildman–Crippen MR) is 85.4 cm³/mol. The molecule has 106 valence electrons. The van der Waals surface area contributed by atoms with E-state index in [0.29, 0.717) is 6.10 Å². The summed E-state index contributed by atoms with van der Waals surface area (Å²) in [6.45, 7) is 2.20. The van der Waals surface area contributed by atoms with Crippen LogP contribution in [0.4, 0.5) is 0 Å². The van der Waals surface area contributed by atoms with Gasteiger partial charge in [-0.3, -0.25) is 0 Å². The zero-order chi connectivity index (χ0) is 13.8. The first-order chi connectivity index (χ1) is 9.85. The average Bonchev–Trinajstić information content (AvgIpc) is 2.75. The van der Waals surface area contributed by atoms with Crippen LogP contribution in [0.2, 0.25) is 0 Å². The van der Waals surface area contributed by atoms with Gasteiger partial charge < -0.3 is 4.74 Å². The van der Waals surface area contributed by atoms with E-state index in [1.807, 2.05) is 0 Å². The second-order valence-corrected chi connectivity index (χ2v) is 5.93. The quantitative estimate of drug-likeness (QED) is 0.667. The SMILES string of the molecule is CCc1ccc2cc(OC3CCCCCC3)ccc2c1. The van der Waals surface area contributed by atoms with Crippen LogP contribution in [0.15, 0.2) is 36.4 Å². The molecule has 1 aliphatic rings. The molecule has 1 heteroatoms. The van der Waals surface area contributed by atoms with Gasteiger partial charge in [-0.05, 0) is 60.6 Å². The topological polar surface area (TPSA) is 9.23 Å². The number of benzene rings is 2. The maximum absolute atomic E-state index is 6.20. The molecule has 1 nitrogen and oxygen atoms in total. The first-order valence-corrected chi connectivity index (χ1v) is 8.04. The fourth-order valence-corrected chi connectivity index (χ4v) is 3.12. The molecular formula is C19H24O. The van der Waals surface area contributed by atoms with E-state index in [1.54, 1.807) is 0 Å². The number of rotatable bonds is 3. The van der Waals surface area contributed by atoms with E-state index >= 15 is 0 Å². The van der Waals surface area contributed by atoms with Crippen LogP contribution in [0.25, 0.3) is 10.8 Å². The van der Waals surface area contributed by atoms with Crippen molar-refractivity contribution in [2.24, 2.45) is 0 Å². The highest BCUT2D eigenvalue weighted by Crippen LogP contribution is 2.26. The molecule has 0 atom stereocenters. The molecule has 0 aliphatic heterocycles. The van der Waals surface area contributed by atoms with Crippen molar-refractivity contribution in [2.45, 2.75) is 58.0 Å². The first kappa shape index (κ1) is 13.5. The molecule has 0 aromatic heterocycles. The highest BCUT2D eigenvalue weighted by molar-refractivity contribution is 5.84. The van der Waals surface area contributed by atoms with Gasteiger partial charge in [0.05, 0.1) is 6.10 Å². The molecule has 0 radical (unpaired) electrons. The largest absolute Gasteiger partial charge is 0.490 e. The van der Waals surface area contributed by atoms with E-state index in [-0.39, 0.29) is 0 Å². The van der Waals surface area contributed by atoms with Crippen LogP contribution in [-0.2, 0) is 6.42 Å². The van der Waals surface area contributed by atoms with Crippen molar-refractivity contribution in [1.82, 2.24) is 0 Å². The minimum Gasteiger partial charge on any atom is -0.490 e. The van der Waals surface area contributed by atoms with E-state index in [0.717, 1.165) is 12.2 Å². The predicted octanol–water partition coefficient (Wildman–Crippen LogP) is 5.50. The van der Waals surface area contributed by atoms with Crippen LogP contribution in [0.3, 0.4) is 0 Å². The van der Waals surface area contributed by atoms with Crippen molar-refractivity contribution in [3.05, 3.63) is 42.0 Å². The molecule has 20 heavy (non-hydrogen) atoms. The molecule has 2 aromatic rings. The molecule has 0 unspecified atom stereocenters. The molecule has 1 aliphatic carbocycles. The van der Waals surface area contributed by atoms with Gasteiger partial charge >= 0.3 is 0 Å². The molecule has 1 saturated carbocycles. The lowest BCUT2D eigenvalue weighted by atomic mass is 10.1. The Kier molecular flexibility index (Phi) is 4.25. The third-order valence-corrected chi connectivity index (χ3v) is 4.39. The van der Waals surface area contributed by atoms with Crippen LogP contribution in [-0.4, -0.2) is 6.10 Å². The Bertz CT molecular complexity index is 565. The summed E-state index contributed by atoms with van der Waals surface area (Å²) in [6, 6.07) is 13.2. The first-order valence-electron chi connectivity index (χ1n) is 8.04. The maximum Gasteiger partial charge on any atom is 0.120 e. The standard InChI is InChI=1S/C19H24O/c1-2-15-9-10-17-14-19(12-11-16(17)13-15)20-18-7-5-3-4-6-8-18/h9-14,18H,2-8H2,1H3. The van der Waals surface area contributed by atoms with E-state index in [2.05, 4.69) is 43.3 Å². The Labute approximate surface area is 122 Å². The number of aryl methyl sites for hydroxylation is 1. The number of fused-ring (bicyclic) bond motifs is 1. The highest BCUT2D eigenvalue weighted by Gasteiger charge is 2.13. The van der Waals surface area contributed by atoms with Crippen LogP contribution in [0.1, 0.15) is 51.0 Å². The fraction of sp³-hybridized carbons (Fsp3) is 0.474. The summed E-state index contributed by atoms with van der Waals surface area (Å²) in [4.78, 5) is 0. The molecule has 0 N–H and O–H groups in total. The molecular weight excluding hydrogens is 244 g/mol. The summed E-state index contributed by atoms with van der Waals surface area (Å²) in [5.41, 5.74) is 1.40. The summed E-state index contributed by atoms with van der Waals surface area (Å²) in [6.07, 6.45) is 9.32. The van der Waals surface area contributed by atoms with Crippen molar-refractivity contribution in [3.8, 4) is 5.75 Å². The van der Waals surface area contributed by atoms with Crippen molar-refractivity contribution < 1.29 is 4.74 Å². The minimum atomic E-state index is 0.421. The second kappa shape index (κ2) is 6.30.